The van der Waals surface area contributed by atoms with E-state index in [1.54, 1.807) is 0 Å². The molecule has 0 saturated heterocycles. The molecule has 4 heteroatoms. The molecule has 0 saturated carbocycles. The lowest BCUT2D eigenvalue weighted by Crippen LogP contribution is -1.89. The second kappa shape index (κ2) is 2.79. The van der Waals surface area contributed by atoms with E-state index in [9.17, 15) is 4.39 Å². The zero-order valence-corrected chi connectivity index (χ0v) is 8.88. The SMILES string of the molecule is Fc1cc(Br)cc2c1nc1n2[CH]CC1. The third-order valence-corrected chi connectivity index (χ3v) is 2.92. The topological polar surface area (TPSA) is 17.8 Å². The summed E-state index contributed by atoms with van der Waals surface area (Å²) in [6, 6.07) is 3.35. The van der Waals surface area contributed by atoms with Gasteiger partial charge < -0.3 is 4.57 Å². The number of hydrogen-bond donors (Lipinski definition) is 0. The van der Waals surface area contributed by atoms with Crippen LogP contribution in [0.4, 0.5) is 4.39 Å². The van der Waals surface area contributed by atoms with Gasteiger partial charge in [0.25, 0.3) is 0 Å². The lowest BCUT2D eigenvalue weighted by Gasteiger charge is -1.98. The normalized spacial score (nSPS) is 15.0. The third kappa shape index (κ3) is 1.03. The Morgan fingerprint density at radius 1 is 1.43 bits per heavy atom. The van der Waals surface area contributed by atoms with Crippen LogP contribution in [0.2, 0.25) is 0 Å². The highest BCUT2D eigenvalue weighted by atomic mass is 79.9. The molecule has 0 N–H and O–H groups in total. The van der Waals surface area contributed by atoms with Crippen molar-refractivity contribution in [2.75, 3.05) is 0 Å². The maximum atomic E-state index is 13.5. The minimum atomic E-state index is -0.260. The van der Waals surface area contributed by atoms with Crippen LogP contribution in [0.1, 0.15) is 12.2 Å². The van der Waals surface area contributed by atoms with Crippen LogP contribution >= 0.6 is 15.9 Å². The Kier molecular flexibility index (Phi) is 1.68. The second-order valence-corrected chi connectivity index (χ2v) is 4.29. The summed E-state index contributed by atoms with van der Waals surface area (Å²) in [4.78, 5) is 4.27. The average Bonchev–Trinajstić information content (AvgIpc) is 2.65. The molecular formula is C10H7BrFN2. The molecule has 0 fully saturated rings. The third-order valence-electron chi connectivity index (χ3n) is 2.47. The zero-order valence-electron chi connectivity index (χ0n) is 7.30. The Morgan fingerprint density at radius 3 is 3.14 bits per heavy atom. The van der Waals surface area contributed by atoms with Gasteiger partial charge in [0.2, 0.25) is 0 Å². The van der Waals surface area contributed by atoms with Crippen molar-refractivity contribution in [1.29, 1.82) is 0 Å². The Labute approximate surface area is 88.9 Å². The summed E-state index contributed by atoms with van der Waals surface area (Å²) in [5.74, 6) is 0.696. The fraction of sp³-hybridized carbons (Fsp3) is 0.200. The number of rotatable bonds is 0. The Balaban J connectivity index is 2.43. The van der Waals surface area contributed by atoms with Crippen LogP contribution in [-0.4, -0.2) is 9.55 Å². The molecule has 2 heterocycles. The van der Waals surface area contributed by atoms with E-state index >= 15 is 0 Å². The molecule has 0 aliphatic carbocycles. The molecule has 1 aliphatic heterocycles. The van der Waals surface area contributed by atoms with Gasteiger partial charge in [-0.15, -0.1) is 0 Å². The number of halogens is 2. The van der Waals surface area contributed by atoms with E-state index in [1.807, 2.05) is 10.6 Å². The molecule has 1 aliphatic rings. The first-order chi connectivity index (χ1) is 6.75. The first kappa shape index (κ1) is 8.41. The van der Waals surface area contributed by atoms with Gasteiger partial charge in [0.1, 0.15) is 11.3 Å². The van der Waals surface area contributed by atoms with Crippen LogP contribution in [-0.2, 0) is 6.42 Å². The standard InChI is InChI=1S/C10H7BrFN2/c11-6-4-7(12)10-8(5-6)14-3-1-2-9(14)13-10/h3-5H,1-2H2. The molecule has 3 rings (SSSR count). The monoisotopic (exact) mass is 253 g/mol. The lowest BCUT2D eigenvalue weighted by molar-refractivity contribution is 0.636. The molecule has 1 aromatic carbocycles. The quantitative estimate of drug-likeness (QED) is 0.706. The number of hydrogen-bond acceptors (Lipinski definition) is 1. The molecule has 14 heavy (non-hydrogen) atoms. The predicted molar refractivity (Wildman–Crippen MR) is 55.4 cm³/mol. The molecule has 0 spiro atoms. The van der Waals surface area contributed by atoms with Crippen molar-refractivity contribution in [2.45, 2.75) is 12.8 Å². The number of imidazole rings is 1. The minimum Gasteiger partial charge on any atom is -0.323 e. The predicted octanol–water partition coefficient (Wildman–Crippen LogP) is 2.89. The van der Waals surface area contributed by atoms with Gasteiger partial charge in [0.05, 0.1) is 12.1 Å². The highest BCUT2D eigenvalue weighted by Crippen LogP contribution is 2.28. The highest BCUT2D eigenvalue weighted by Gasteiger charge is 2.18. The summed E-state index contributed by atoms with van der Waals surface area (Å²) in [6.45, 7) is 2.05. The smallest absolute Gasteiger partial charge is 0.152 e. The zero-order chi connectivity index (χ0) is 9.71. The Bertz CT molecular complexity index is 518. The maximum absolute atomic E-state index is 13.5. The average molecular weight is 254 g/mol. The second-order valence-electron chi connectivity index (χ2n) is 3.37. The molecule has 1 radical (unpaired) electrons. The number of aromatic nitrogens is 2. The van der Waals surface area contributed by atoms with Crippen LogP contribution in [0.25, 0.3) is 11.0 Å². The van der Waals surface area contributed by atoms with Gasteiger partial charge in [0, 0.05) is 10.9 Å². The van der Waals surface area contributed by atoms with Crippen molar-refractivity contribution in [3.05, 3.63) is 34.8 Å². The van der Waals surface area contributed by atoms with Gasteiger partial charge in [0.15, 0.2) is 5.82 Å². The maximum Gasteiger partial charge on any atom is 0.152 e. The van der Waals surface area contributed by atoms with Gasteiger partial charge in [-0.2, -0.15) is 0 Å². The van der Waals surface area contributed by atoms with Gasteiger partial charge in [-0.3, -0.25) is 0 Å². The molecule has 0 bridgehead atoms. The van der Waals surface area contributed by atoms with Gasteiger partial charge in [-0.25, -0.2) is 9.37 Å². The number of aryl methyl sites for hydroxylation is 1. The van der Waals surface area contributed by atoms with Gasteiger partial charge in [-0.1, -0.05) is 15.9 Å². The van der Waals surface area contributed by atoms with E-state index < -0.39 is 0 Å². The van der Waals surface area contributed by atoms with Crippen molar-refractivity contribution in [3.63, 3.8) is 0 Å². The van der Waals surface area contributed by atoms with Crippen molar-refractivity contribution < 1.29 is 4.39 Å². The van der Waals surface area contributed by atoms with Crippen molar-refractivity contribution in [1.82, 2.24) is 9.55 Å². The van der Waals surface area contributed by atoms with E-state index in [-0.39, 0.29) is 5.82 Å². The van der Waals surface area contributed by atoms with E-state index in [2.05, 4.69) is 27.5 Å². The van der Waals surface area contributed by atoms with E-state index in [0.717, 1.165) is 28.7 Å². The summed E-state index contributed by atoms with van der Waals surface area (Å²) >= 11 is 3.28. The lowest BCUT2D eigenvalue weighted by atomic mass is 10.3. The first-order valence-electron chi connectivity index (χ1n) is 4.45. The molecular weight excluding hydrogens is 247 g/mol. The molecule has 0 unspecified atom stereocenters. The van der Waals surface area contributed by atoms with Crippen LogP contribution in [0, 0.1) is 12.4 Å². The number of nitrogens with zero attached hydrogens (tertiary/aromatic N) is 2. The Hall–Kier alpha value is -0.900. The van der Waals surface area contributed by atoms with Crippen LogP contribution in [0.5, 0.6) is 0 Å². The summed E-state index contributed by atoms with van der Waals surface area (Å²) in [7, 11) is 0. The van der Waals surface area contributed by atoms with E-state index in [4.69, 9.17) is 0 Å². The largest absolute Gasteiger partial charge is 0.323 e. The van der Waals surface area contributed by atoms with Crippen LogP contribution in [0.3, 0.4) is 0 Å². The fourth-order valence-corrected chi connectivity index (χ4v) is 2.29. The molecule has 2 nitrogen and oxygen atoms in total. The minimum absolute atomic E-state index is 0.260. The molecule has 0 atom stereocenters. The van der Waals surface area contributed by atoms with E-state index in [0.29, 0.717) is 5.52 Å². The van der Waals surface area contributed by atoms with Crippen LogP contribution < -0.4 is 0 Å². The van der Waals surface area contributed by atoms with Crippen molar-refractivity contribution >= 4 is 27.0 Å². The summed E-state index contributed by atoms with van der Waals surface area (Å²) in [5.41, 5.74) is 1.32. The van der Waals surface area contributed by atoms with Crippen molar-refractivity contribution in [2.24, 2.45) is 0 Å². The van der Waals surface area contributed by atoms with E-state index in [1.165, 1.54) is 6.07 Å². The molecule has 71 valence electrons. The Morgan fingerprint density at radius 2 is 2.29 bits per heavy atom. The summed E-state index contributed by atoms with van der Waals surface area (Å²) in [5, 5.41) is 0. The molecule has 0 amide bonds. The highest BCUT2D eigenvalue weighted by molar-refractivity contribution is 9.10. The number of benzene rings is 1. The number of fused-ring (bicyclic) bond motifs is 3. The molecule has 1 aromatic heterocycles. The summed E-state index contributed by atoms with van der Waals surface area (Å²) < 4.78 is 16.2. The fourth-order valence-electron chi connectivity index (χ4n) is 1.87. The summed E-state index contributed by atoms with van der Waals surface area (Å²) in [6.07, 6.45) is 1.90. The first-order valence-corrected chi connectivity index (χ1v) is 5.24. The van der Waals surface area contributed by atoms with Crippen molar-refractivity contribution in [3.8, 4) is 0 Å². The van der Waals surface area contributed by atoms with Gasteiger partial charge >= 0.3 is 0 Å². The van der Waals surface area contributed by atoms with Gasteiger partial charge in [-0.05, 0) is 18.6 Å². The van der Waals surface area contributed by atoms with Crippen LogP contribution in [0.15, 0.2) is 16.6 Å². The molecule has 2 aromatic rings.